The van der Waals surface area contributed by atoms with E-state index in [-0.39, 0.29) is 102 Å². The van der Waals surface area contributed by atoms with Crippen molar-refractivity contribution >= 4 is 64.7 Å². The first-order valence-electron chi connectivity index (χ1n) is 30.0. The molecule has 0 unspecified atom stereocenters. The third-order valence-corrected chi connectivity index (χ3v) is 14.9. The van der Waals surface area contributed by atoms with Gasteiger partial charge in [0.15, 0.2) is 5.78 Å². The van der Waals surface area contributed by atoms with Crippen LogP contribution in [0.3, 0.4) is 0 Å². The quantitative estimate of drug-likeness (QED) is 0.0328. The maximum absolute atomic E-state index is 14.6. The molecule has 0 aromatic heterocycles. The van der Waals surface area contributed by atoms with Gasteiger partial charge in [0.2, 0.25) is 53.2 Å². The monoisotopic (exact) mass is 1200 g/mol. The number of rotatable bonds is 31. The van der Waals surface area contributed by atoms with Gasteiger partial charge in [0.05, 0.1) is 12.2 Å². The summed E-state index contributed by atoms with van der Waals surface area (Å²) >= 11 is 0. The number of nitrogens with one attached hydrogen (secondary N) is 9. The number of hydrogen-bond donors (Lipinski definition) is 16. The summed E-state index contributed by atoms with van der Waals surface area (Å²) in [6.07, 6.45) is -1.06. The number of hydrogen-bond acceptors (Lipinski definition) is 18. The lowest BCUT2D eigenvalue weighted by molar-refractivity contribution is -0.137. The third-order valence-electron chi connectivity index (χ3n) is 14.9. The van der Waals surface area contributed by atoms with Crippen LogP contribution in [-0.2, 0) is 59.2 Å². The Morgan fingerprint density at radius 3 is 1.59 bits per heavy atom. The van der Waals surface area contributed by atoms with Crippen LogP contribution in [0, 0.1) is 23.7 Å². The second-order valence-electron chi connectivity index (χ2n) is 22.7. The molecule has 27 heteroatoms. The molecule has 0 radical (unpaired) electrons. The summed E-state index contributed by atoms with van der Waals surface area (Å²) in [4.78, 5) is 154. The summed E-state index contributed by atoms with van der Waals surface area (Å²) in [6, 6.07) is -3.19. The second kappa shape index (κ2) is 40.0. The van der Waals surface area contributed by atoms with Crippen molar-refractivity contribution in [1.82, 2.24) is 47.9 Å². The van der Waals surface area contributed by atoms with Crippen LogP contribution in [0.4, 0.5) is 0 Å². The topological polar surface area (TPSA) is 467 Å². The van der Waals surface area contributed by atoms with Gasteiger partial charge in [-0.25, -0.2) is 0 Å². The molecule has 1 aliphatic rings. The Labute approximate surface area is 499 Å². The van der Waals surface area contributed by atoms with Crippen LogP contribution in [0.5, 0.6) is 0 Å². The van der Waals surface area contributed by atoms with Crippen LogP contribution in [0.15, 0.2) is 30.3 Å². The maximum Gasteiger partial charge on any atom is 0.245 e. The molecule has 1 aromatic rings. The maximum atomic E-state index is 14.6. The van der Waals surface area contributed by atoms with Crippen LogP contribution in [-0.4, -0.2) is 175 Å². The molecule has 1 aliphatic heterocycles. The van der Waals surface area contributed by atoms with Gasteiger partial charge in [-0.3, -0.25) is 52.7 Å². The van der Waals surface area contributed by atoms with Crippen LogP contribution in [0.1, 0.15) is 137 Å². The van der Waals surface area contributed by atoms with Crippen molar-refractivity contribution in [1.29, 1.82) is 0 Å². The number of carbonyl (C=O) groups excluding carboxylic acids is 11. The Hall–Kier alpha value is -6.49. The summed E-state index contributed by atoms with van der Waals surface area (Å²) in [5, 5.41) is 44.9. The van der Waals surface area contributed by atoms with Gasteiger partial charge in [0.1, 0.15) is 54.1 Å². The lowest BCUT2D eigenvalue weighted by atomic mass is 9.91. The van der Waals surface area contributed by atoms with E-state index in [9.17, 15) is 63.0 Å². The number of ketones is 2. The summed E-state index contributed by atoms with van der Waals surface area (Å²) in [6.45, 7) is 9.33. The molecule has 85 heavy (non-hydrogen) atoms. The molecule has 1 fully saturated rings. The highest BCUT2D eigenvalue weighted by Gasteiger charge is 2.38. The standard InChI is InChI=1S/C58H100N14O13/c1-7-34(4)13-11-12-16-40(75)31-38(17-23-59)51(78)71-48(35(5)73)47(76)32-39(18-24-60)50(77)65-44-22-28-64-58(85)49(36(6)74)72-55(82)43(21-27-63)67-52(79)41(19-25-61)68-56(83)45(29-33(2)3)69-57(84)46(30-37-14-9-8-10-15-37)70-53(80)42(20-26-62)66-54(44)81/h8-10,14-15,33-36,38-39,41-46,48-49,73-74H,7,11-13,16-32,59-63H2,1-6H3,(H,64,85)(H,65,77)(H,66,81)(H,67,79)(H,68,83)(H,69,84)(H,70,80)(H,71,78)(H,72,82)/t34-,35+,36+,38+,39+,41-,42+,43-,44-,45-,46+,48-,49-/m0/s1. The van der Waals surface area contributed by atoms with E-state index in [0.717, 1.165) is 19.3 Å². The number of unbranched alkanes of at least 4 members (excludes halogenated alkanes) is 1. The molecule has 9 amide bonds. The molecule has 21 N–H and O–H groups in total. The predicted molar refractivity (Wildman–Crippen MR) is 319 cm³/mol. The zero-order valence-corrected chi connectivity index (χ0v) is 50.6. The average Bonchev–Trinajstić information content (AvgIpc) is 3.67. The second-order valence-corrected chi connectivity index (χ2v) is 22.7. The number of benzene rings is 1. The van der Waals surface area contributed by atoms with Gasteiger partial charge in [0.25, 0.3) is 0 Å². The Morgan fingerprint density at radius 1 is 0.588 bits per heavy atom. The third kappa shape index (κ3) is 27.2. The molecular weight excluding hydrogens is 1100 g/mol. The molecule has 0 saturated carbocycles. The van der Waals surface area contributed by atoms with E-state index in [0.29, 0.717) is 17.9 Å². The van der Waals surface area contributed by atoms with Gasteiger partial charge in [-0.15, -0.1) is 0 Å². The molecule has 0 aliphatic carbocycles. The normalized spacial score (nSPS) is 23.0. The number of amides is 9. The van der Waals surface area contributed by atoms with Crippen molar-refractivity contribution in [3.63, 3.8) is 0 Å². The minimum atomic E-state index is -1.67. The van der Waals surface area contributed by atoms with Crippen LogP contribution < -0.4 is 76.5 Å². The number of aliphatic hydroxyl groups is 2. The van der Waals surface area contributed by atoms with E-state index >= 15 is 0 Å². The fraction of sp³-hybridized carbons (Fsp3) is 0.707. The van der Waals surface area contributed by atoms with Gasteiger partial charge in [-0.2, -0.15) is 0 Å². The van der Waals surface area contributed by atoms with Crippen molar-refractivity contribution < 1.29 is 63.0 Å². The fourth-order valence-electron chi connectivity index (χ4n) is 9.66. The summed E-state index contributed by atoms with van der Waals surface area (Å²) < 4.78 is 0. The van der Waals surface area contributed by atoms with Gasteiger partial charge in [-0.1, -0.05) is 77.3 Å². The minimum absolute atomic E-state index is 0.0519. The smallest absolute Gasteiger partial charge is 0.245 e. The van der Waals surface area contributed by atoms with E-state index < -0.39 is 151 Å². The number of aliphatic hydroxyl groups excluding tert-OH is 2. The first kappa shape index (κ1) is 74.6. The van der Waals surface area contributed by atoms with Crippen LogP contribution in [0.2, 0.25) is 0 Å². The molecule has 480 valence electrons. The van der Waals surface area contributed by atoms with Crippen molar-refractivity contribution in [3.8, 4) is 0 Å². The zero-order valence-electron chi connectivity index (χ0n) is 50.6. The minimum Gasteiger partial charge on any atom is -0.391 e. The Bertz CT molecular complexity index is 2310. The molecule has 0 spiro atoms. The summed E-state index contributed by atoms with van der Waals surface area (Å²) in [5.74, 6) is -10.7. The van der Waals surface area contributed by atoms with Gasteiger partial charge in [0, 0.05) is 44.1 Å². The molecule has 2 rings (SSSR count). The lowest BCUT2D eigenvalue weighted by Crippen LogP contribution is -2.61. The highest BCUT2D eigenvalue weighted by Crippen LogP contribution is 2.19. The van der Waals surface area contributed by atoms with Crippen molar-refractivity contribution in [2.45, 2.75) is 198 Å². The van der Waals surface area contributed by atoms with E-state index in [4.69, 9.17) is 28.7 Å². The molecule has 27 nitrogen and oxygen atoms in total. The Morgan fingerprint density at radius 2 is 1.08 bits per heavy atom. The van der Waals surface area contributed by atoms with Gasteiger partial charge in [-0.05, 0) is 115 Å². The number of carbonyl (C=O) groups is 11. The van der Waals surface area contributed by atoms with E-state index in [1.54, 1.807) is 44.2 Å². The number of Topliss-reactive ketones (excluding diaryl/α,β-unsaturated/α-hetero) is 2. The van der Waals surface area contributed by atoms with E-state index in [1.807, 2.05) is 0 Å². The largest absolute Gasteiger partial charge is 0.391 e. The van der Waals surface area contributed by atoms with Gasteiger partial charge >= 0.3 is 0 Å². The molecule has 1 saturated heterocycles. The SMILES string of the molecule is CC[C@H](C)CCCCC(=O)C[C@@H](CCN)C(=O)N[C@H](C(=O)C[C@@H](CCN)C(=O)N[C@H]1CCNC(=O)[C@H]([C@@H](C)O)NC(=O)[C@H](CCN)NC(=O)[C@H](CCN)NC(=O)[C@H](CC(C)C)NC(=O)[C@@H](Cc2ccccc2)NC(=O)[C@@H](CCN)NC1=O)[C@@H](C)O. The Balaban J connectivity index is 2.67. The molecular formula is C58H100N14O13. The lowest BCUT2D eigenvalue weighted by Gasteiger charge is -2.28. The average molecular weight is 1200 g/mol. The fourth-order valence-corrected chi connectivity index (χ4v) is 9.66. The summed E-state index contributed by atoms with van der Waals surface area (Å²) in [5.41, 5.74) is 30.1. The summed E-state index contributed by atoms with van der Waals surface area (Å²) in [7, 11) is 0. The predicted octanol–water partition coefficient (Wildman–Crippen LogP) is -3.06. The first-order chi connectivity index (χ1) is 40.3. The molecule has 1 aromatic carbocycles. The van der Waals surface area contributed by atoms with Gasteiger partial charge < -0.3 is 86.7 Å². The van der Waals surface area contributed by atoms with Crippen LogP contribution in [0.25, 0.3) is 0 Å². The first-order valence-corrected chi connectivity index (χ1v) is 30.0. The van der Waals surface area contributed by atoms with Crippen molar-refractivity contribution in [2.24, 2.45) is 52.3 Å². The van der Waals surface area contributed by atoms with E-state index in [2.05, 4.69) is 61.7 Å². The molecule has 1 heterocycles. The molecule has 13 atom stereocenters. The van der Waals surface area contributed by atoms with Crippen molar-refractivity contribution in [3.05, 3.63) is 35.9 Å². The highest BCUT2D eigenvalue weighted by molar-refractivity contribution is 5.99. The van der Waals surface area contributed by atoms with E-state index in [1.165, 1.54) is 13.8 Å². The zero-order chi connectivity index (χ0) is 63.8. The van der Waals surface area contributed by atoms with Crippen LogP contribution >= 0.6 is 0 Å². The number of nitrogens with two attached hydrogens (primary N) is 5. The highest BCUT2D eigenvalue weighted by atomic mass is 16.3. The van der Waals surface area contributed by atoms with Crippen molar-refractivity contribution in [2.75, 3.05) is 39.3 Å². The Kier molecular flexibility index (Phi) is 35.1. The molecule has 0 bridgehead atoms.